The molecule has 0 saturated carbocycles. The molecule has 0 fully saturated rings. The van der Waals surface area contributed by atoms with Gasteiger partial charge in [0.15, 0.2) is 0 Å². The average Bonchev–Trinajstić information content (AvgIpc) is 1.19. The lowest BCUT2D eigenvalue weighted by Gasteiger charge is -2.11. The van der Waals surface area contributed by atoms with Gasteiger partial charge in [0.1, 0.15) is 71.6 Å². The van der Waals surface area contributed by atoms with Crippen LogP contribution in [0, 0.1) is 48.5 Å². The van der Waals surface area contributed by atoms with Gasteiger partial charge in [-0.2, -0.15) is 0 Å². The molecule has 0 N–H and O–H groups in total. The van der Waals surface area contributed by atoms with Crippen LogP contribution in [0.25, 0.3) is 130 Å². The number of hydrogen-bond acceptors (Lipinski definition) is 23. The van der Waals surface area contributed by atoms with Crippen molar-refractivity contribution in [2.24, 2.45) is 0 Å². The summed E-state index contributed by atoms with van der Waals surface area (Å²) in [7, 11) is 11.6. The summed E-state index contributed by atoms with van der Waals surface area (Å²) < 4.78 is 79.3. The standard InChI is InChI=1S/C18H14F3NO2.C18H20N2OS.C17H17BrN2OS.C17H17ClN2OS.C17H18N2OS.C11H11NO.C10H9NO/c1-11-3-8-15-13(9-11)10-16(22-17(15)23-2)12-4-6-14(7-5-12)24-18(19,20)21;1-10(2)15-9-22-18(20-15)14-8-16(21-5)13-7-6-11(3)12(4)17(13)19-14;2*1-9(2)13-8-22-17(20-13)12-7-14(21-4)11-6-5-10(3)15(18)16(11)19-12;1-10(2)15-9-21-17(19-15)14-8-16(20-4)12-6-5-11(3)7-13(12)18-14;1-8-3-4-10-9(7-8)5-6-12-11(10)13-2;1-12-10-9-5-3-2-4-8(9)6-7-11-10/h3-10H,1-2H3;6-10H,1-5H3;2*5-9H,1-4H3;5-10H,1-4H3;3-7H,1-2H3;2-7H,1H3. The fourth-order valence-electron chi connectivity index (χ4n) is 14.4. The molecule has 700 valence electrons. The van der Waals surface area contributed by atoms with Crippen molar-refractivity contribution in [3.8, 4) is 100 Å². The number of alkyl halides is 3. The van der Waals surface area contributed by atoms with Crippen molar-refractivity contribution in [3.63, 3.8) is 0 Å². The number of aromatic nitrogens is 11. The molecular formula is C108H106BrClF3N11O8S4. The van der Waals surface area contributed by atoms with E-state index in [1.54, 1.807) is 100 Å². The lowest BCUT2D eigenvalue weighted by Crippen LogP contribution is -2.16. The first-order valence-corrected chi connectivity index (χ1v) is 48.5. The van der Waals surface area contributed by atoms with Crippen LogP contribution >= 0.6 is 72.9 Å². The van der Waals surface area contributed by atoms with Gasteiger partial charge in [-0.25, -0.2) is 54.8 Å². The minimum atomic E-state index is -4.70. The number of pyridine rings is 7. The van der Waals surface area contributed by atoms with Crippen molar-refractivity contribution >= 4 is 149 Å². The molecule has 19 nitrogen and oxygen atoms in total. The van der Waals surface area contributed by atoms with Crippen molar-refractivity contribution in [2.75, 3.05) is 49.8 Å². The molecule has 136 heavy (non-hydrogen) atoms. The number of nitrogens with zero attached hydrogens (tertiary/aromatic N) is 11. The van der Waals surface area contributed by atoms with Gasteiger partial charge in [-0.05, 0) is 223 Å². The Balaban J connectivity index is 0.000000136. The third-order valence-electron chi connectivity index (χ3n) is 22.2. The Bertz CT molecular complexity index is 7120. The molecule has 0 aliphatic heterocycles. The quantitative estimate of drug-likeness (QED) is 0.0828. The lowest BCUT2D eigenvalue weighted by atomic mass is 10.0. The number of benzene rings is 8. The van der Waals surface area contributed by atoms with Gasteiger partial charge in [-0.3, -0.25) is 0 Å². The summed E-state index contributed by atoms with van der Waals surface area (Å²) in [5.74, 6) is 6.54. The van der Waals surface area contributed by atoms with Crippen LogP contribution in [0.4, 0.5) is 13.2 Å². The first-order chi connectivity index (χ1) is 65.2. The molecule has 0 aliphatic rings. The zero-order chi connectivity index (χ0) is 97.5. The summed E-state index contributed by atoms with van der Waals surface area (Å²) in [6.45, 7) is 31.5. The van der Waals surface area contributed by atoms with Crippen LogP contribution in [-0.4, -0.2) is 111 Å². The Kier molecular flexibility index (Phi) is 33.4. The van der Waals surface area contributed by atoms with Crippen LogP contribution in [-0.2, 0) is 0 Å². The van der Waals surface area contributed by atoms with Crippen molar-refractivity contribution in [2.45, 2.75) is 134 Å². The highest BCUT2D eigenvalue weighted by Crippen LogP contribution is 2.42. The van der Waals surface area contributed by atoms with Crippen molar-refractivity contribution < 1.29 is 51.1 Å². The molecule has 0 bridgehead atoms. The Morgan fingerprint density at radius 3 is 1.18 bits per heavy atom. The van der Waals surface area contributed by atoms with Crippen molar-refractivity contribution in [1.82, 2.24) is 54.8 Å². The third kappa shape index (κ3) is 24.1. The summed E-state index contributed by atoms with van der Waals surface area (Å²) in [6, 6.07) is 57.9. The molecule has 0 atom stereocenters. The van der Waals surface area contributed by atoms with E-state index in [0.29, 0.717) is 57.6 Å². The second kappa shape index (κ2) is 45.2. The monoisotopic (exact) mass is 1980 g/mol. The largest absolute Gasteiger partial charge is 0.573 e. The summed E-state index contributed by atoms with van der Waals surface area (Å²) in [4.78, 5) is 50.6. The van der Waals surface area contributed by atoms with Crippen LogP contribution in [0.2, 0.25) is 5.02 Å². The SMILES string of the molecule is COc1cc(-c2nc(C(C)C)cs2)nc2c(Br)c(C)ccc12.COc1cc(-c2nc(C(C)C)cs2)nc2c(C)c(C)ccc12.COc1cc(-c2nc(C(C)C)cs2)nc2c(Cl)c(C)ccc12.COc1cc(-c2nc(C(C)C)cs2)nc2cc(C)ccc12.COc1nc(-c2ccc(OC(F)(F)F)cc2)cc2cc(C)ccc12.COc1nccc2cc(C)ccc12.COc1nccc2ccccc12. The fourth-order valence-corrected chi connectivity index (χ4v) is 18.8. The molecular weight excluding hydrogens is 1880 g/mol. The molecule has 0 aliphatic carbocycles. The molecule has 28 heteroatoms. The smallest absolute Gasteiger partial charge is 0.496 e. The predicted molar refractivity (Wildman–Crippen MR) is 557 cm³/mol. The Hall–Kier alpha value is -12.9. The number of aryl methyl sites for hydroxylation is 7. The van der Waals surface area contributed by atoms with E-state index < -0.39 is 6.36 Å². The van der Waals surface area contributed by atoms with Crippen LogP contribution in [0.5, 0.6) is 46.4 Å². The van der Waals surface area contributed by atoms with E-state index in [0.717, 1.165) is 180 Å². The van der Waals surface area contributed by atoms with Crippen LogP contribution < -0.4 is 37.9 Å². The fraction of sp³-hybridized carbons (Fsp3) is 0.250. The maximum absolute atomic E-state index is 12.2. The van der Waals surface area contributed by atoms with Crippen LogP contribution in [0.15, 0.2) is 220 Å². The summed E-state index contributed by atoms with van der Waals surface area (Å²) in [5, 5.41) is 23.1. The molecule has 0 amide bonds. The van der Waals surface area contributed by atoms with E-state index >= 15 is 0 Å². The second-order valence-electron chi connectivity index (χ2n) is 33.3. The number of hydrogen-bond donors (Lipinski definition) is 0. The summed E-state index contributed by atoms with van der Waals surface area (Å²) in [5.41, 5.74) is 20.8. The number of methoxy groups -OCH3 is 7. The van der Waals surface area contributed by atoms with Crippen molar-refractivity contribution in [3.05, 3.63) is 287 Å². The molecule has 0 radical (unpaired) electrons. The molecule has 0 spiro atoms. The maximum Gasteiger partial charge on any atom is 0.573 e. The highest BCUT2D eigenvalue weighted by atomic mass is 79.9. The van der Waals surface area contributed by atoms with E-state index in [1.165, 1.54) is 59.0 Å². The first-order valence-electron chi connectivity index (χ1n) is 43.8. The first kappa shape index (κ1) is 101. The zero-order valence-electron chi connectivity index (χ0n) is 79.8. The van der Waals surface area contributed by atoms with Gasteiger partial charge in [0, 0.05) is 106 Å². The highest BCUT2D eigenvalue weighted by molar-refractivity contribution is 9.10. The third-order valence-corrected chi connectivity index (χ3v) is 27.2. The number of halogens is 5. The maximum atomic E-state index is 12.2. The Morgan fingerprint density at radius 2 is 0.713 bits per heavy atom. The number of rotatable bonds is 17. The van der Waals surface area contributed by atoms with Gasteiger partial charge in [-0.15, -0.1) is 58.5 Å². The topological polar surface area (TPSA) is 216 Å². The normalized spacial score (nSPS) is 11.2. The number of ether oxygens (including phenoxy) is 8. The molecule has 0 saturated heterocycles. The van der Waals surface area contributed by atoms with Gasteiger partial charge < -0.3 is 37.9 Å². The van der Waals surface area contributed by atoms with Crippen LogP contribution in [0.1, 0.15) is 141 Å². The minimum absolute atomic E-state index is 0.269. The molecule has 11 aromatic heterocycles. The number of fused-ring (bicyclic) bond motifs is 7. The zero-order valence-corrected chi connectivity index (χ0v) is 85.4. The van der Waals surface area contributed by atoms with E-state index in [1.807, 2.05) is 123 Å². The Labute approximate surface area is 819 Å². The van der Waals surface area contributed by atoms with Gasteiger partial charge in [0.05, 0.1) is 105 Å². The van der Waals surface area contributed by atoms with Gasteiger partial charge >= 0.3 is 6.36 Å². The average molecular weight is 1990 g/mol. The van der Waals surface area contributed by atoms with Gasteiger partial charge in [-0.1, -0.05) is 145 Å². The summed E-state index contributed by atoms with van der Waals surface area (Å²) in [6.07, 6.45) is -1.19. The van der Waals surface area contributed by atoms with E-state index in [9.17, 15) is 13.2 Å². The van der Waals surface area contributed by atoms with Crippen molar-refractivity contribution in [1.29, 1.82) is 0 Å². The van der Waals surface area contributed by atoms with Crippen LogP contribution in [0.3, 0.4) is 0 Å². The highest BCUT2D eigenvalue weighted by Gasteiger charge is 2.31. The molecule has 11 heterocycles. The molecule has 0 unspecified atom stereocenters. The van der Waals surface area contributed by atoms with E-state index in [-0.39, 0.29) is 5.75 Å². The second-order valence-corrected chi connectivity index (χ2v) is 37.9. The Morgan fingerprint density at radius 1 is 0.331 bits per heavy atom. The minimum Gasteiger partial charge on any atom is -0.496 e. The van der Waals surface area contributed by atoms with Gasteiger partial charge in [0.25, 0.3) is 0 Å². The molecule has 8 aromatic carbocycles. The van der Waals surface area contributed by atoms with E-state index in [2.05, 4.69) is 206 Å². The molecule has 19 aromatic rings. The predicted octanol–water partition coefficient (Wildman–Crippen LogP) is 30.8. The van der Waals surface area contributed by atoms with Gasteiger partial charge in [0.2, 0.25) is 17.6 Å². The lowest BCUT2D eigenvalue weighted by molar-refractivity contribution is -0.274. The number of thiazole rings is 4. The molecule has 19 rings (SSSR count). The summed E-state index contributed by atoms with van der Waals surface area (Å²) >= 11 is 16.6. The van der Waals surface area contributed by atoms with E-state index in [4.69, 9.17) is 74.7 Å².